The Morgan fingerprint density at radius 2 is 1.53 bits per heavy atom. The van der Waals surface area contributed by atoms with Gasteiger partial charge in [-0.25, -0.2) is 23.5 Å². The molecule has 1 unspecified atom stereocenters. The second kappa shape index (κ2) is 7.99. The quantitative estimate of drug-likeness (QED) is 0.467. The Labute approximate surface area is 182 Å². The third kappa shape index (κ3) is 4.21. The molecule has 0 radical (unpaired) electrons. The van der Waals surface area contributed by atoms with E-state index >= 15 is 0 Å². The summed E-state index contributed by atoms with van der Waals surface area (Å²) < 4.78 is 65.9. The Balaban J connectivity index is 1.96. The molecule has 0 aliphatic rings. The lowest BCUT2D eigenvalue weighted by molar-refractivity contribution is -0.136. The summed E-state index contributed by atoms with van der Waals surface area (Å²) in [6.07, 6.45) is -4.68. The predicted octanol–water partition coefficient (Wildman–Crippen LogP) is 5.00. The molecular formula is C23H18F3N3O2S. The third-order valence-corrected chi connectivity index (χ3v) is 6.24. The first-order chi connectivity index (χ1) is 15.1. The molecule has 9 heteroatoms. The normalized spacial score (nSPS) is 13.3. The molecule has 32 heavy (non-hydrogen) atoms. The predicted molar refractivity (Wildman–Crippen MR) is 116 cm³/mol. The number of para-hydroxylation sites is 1. The van der Waals surface area contributed by atoms with Gasteiger partial charge in [0.25, 0.3) is 0 Å². The highest BCUT2D eigenvalue weighted by Crippen LogP contribution is 2.36. The summed E-state index contributed by atoms with van der Waals surface area (Å²) in [7, 11) is -4.29. The largest absolute Gasteiger partial charge is 0.418 e. The number of hydrogen-bond donors (Lipinski definition) is 1. The van der Waals surface area contributed by atoms with E-state index in [9.17, 15) is 21.6 Å². The molecule has 4 rings (SSSR count). The zero-order valence-corrected chi connectivity index (χ0v) is 17.7. The minimum absolute atomic E-state index is 0.0206. The summed E-state index contributed by atoms with van der Waals surface area (Å²) in [5, 5.41) is 4.07. The molecule has 0 saturated heterocycles. The van der Waals surface area contributed by atoms with Crippen LogP contribution in [0.1, 0.15) is 27.8 Å². The molecule has 0 saturated carbocycles. The topological polar surface area (TPSA) is 85.9 Å². The van der Waals surface area contributed by atoms with E-state index in [-0.39, 0.29) is 22.5 Å². The number of aryl methyl sites for hydroxylation is 1. The number of aromatic nitrogens is 2. The van der Waals surface area contributed by atoms with Crippen molar-refractivity contribution < 1.29 is 21.6 Å². The van der Waals surface area contributed by atoms with Gasteiger partial charge in [0.05, 0.1) is 22.5 Å². The van der Waals surface area contributed by atoms with Crippen LogP contribution in [-0.2, 0) is 16.2 Å². The van der Waals surface area contributed by atoms with Gasteiger partial charge in [-0.1, -0.05) is 54.6 Å². The van der Waals surface area contributed by atoms with Gasteiger partial charge in [0, 0.05) is 0 Å². The van der Waals surface area contributed by atoms with Crippen molar-refractivity contribution in [3.8, 4) is 11.1 Å². The Hall–Kier alpha value is -3.30. The first kappa shape index (κ1) is 21.9. The van der Waals surface area contributed by atoms with Gasteiger partial charge >= 0.3 is 6.18 Å². The average molecular weight is 457 g/mol. The van der Waals surface area contributed by atoms with Crippen LogP contribution in [0.4, 0.5) is 13.2 Å². The van der Waals surface area contributed by atoms with Crippen molar-refractivity contribution in [2.24, 2.45) is 5.14 Å². The monoisotopic (exact) mass is 457 g/mol. The maximum atomic E-state index is 13.5. The average Bonchev–Trinajstić information content (AvgIpc) is 2.73. The molecule has 0 bridgehead atoms. The fourth-order valence-electron chi connectivity index (χ4n) is 3.67. The number of benzene rings is 3. The van der Waals surface area contributed by atoms with E-state index in [0.29, 0.717) is 0 Å². The van der Waals surface area contributed by atoms with Gasteiger partial charge in [0.2, 0.25) is 10.0 Å². The van der Waals surface area contributed by atoms with Crippen molar-refractivity contribution in [2.75, 3.05) is 0 Å². The molecule has 0 aliphatic carbocycles. The summed E-state index contributed by atoms with van der Waals surface area (Å²) >= 11 is 0. The van der Waals surface area contributed by atoms with Gasteiger partial charge < -0.3 is 0 Å². The number of hydrogen-bond acceptors (Lipinski definition) is 4. The highest BCUT2D eigenvalue weighted by molar-refractivity contribution is 7.89. The molecule has 164 valence electrons. The Morgan fingerprint density at radius 3 is 2.19 bits per heavy atom. The highest BCUT2D eigenvalue weighted by Gasteiger charge is 2.35. The molecule has 1 aromatic heterocycles. The van der Waals surface area contributed by atoms with Gasteiger partial charge in [-0.05, 0) is 41.8 Å². The summed E-state index contributed by atoms with van der Waals surface area (Å²) in [4.78, 5) is 8.35. The van der Waals surface area contributed by atoms with Crippen LogP contribution in [0.5, 0.6) is 0 Å². The van der Waals surface area contributed by atoms with Crippen LogP contribution in [0.2, 0.25) is 0 Å². The number of rotatable bonds is 4. The fourth-order valence-corrected chi connectivity index (χ4v) is 4.73. The molecular weight excluding hydrogens is 439 g/mol. The van der Waals surface area contributed by atoms with Crippen LogP contribution in [0.25, 0.3) is 22.2 Å². The van der Waals surface area contributed by atoms with Crippen LogP contribution >= 0.6 is 0 Å². The van der Waals surface area contributed by atoms with Crippen molar-refractivity contribution in [3.63, 3.8) is 0 Å². The summed E-state index contributed by atoms with van der Waals surface area (Å²) in [5.41, 5.74) is 0.524. The SMILES string of the molecule is Cc1nc2cccc(C(F)(F)F)c2nc1C(c1cccc(-c2ccccc2)c1)S(N)(=O)=O. The van der Waals surface area contributed by atoms with Gasteiger partial charge in [-0.2, -0.15) is 13.2 Å². The van der Waals surface area contributed by atoms with E-state index in [0.717, 1.165) is 17.2 Å². The maximum absolute atomic E-state index is 13.5. The number of nitrogens with zero attached hydrogens (tertiary/aromatic N) is 2. The van der Waals surface area contributed by atoms with Gasteiger partial charge in [-0.15, -0.1) is 0 Å². The van der Waals surface area contributed by atoms with Crippen LogP contribution in [0, 0.1) is 6.92 Å². The number of primary sulfonamides is 1. The first-order valence-electron chi connectivity index (χ1n) is 9.57. The highest BCUT2D eigenvalue weighted by atomic mass is 32.2. The maximum Gasteiger partial charge on any atom is 0.418 e. The molecule has 0 fully saturated rings. The fraction of sp³-hybridized carbons (Fsp3) is 0.130. The molecule has 1 heterocycles. The van der Waals surface area contributed by atoms with E-state index in [2.05, 4.69) is 9.97 Å². The van der Waals surface area contributed by atoms with Crippen molar-refractivity contribution in [1.82, 2.24) is 9.97 Å². The molecule has 0 amide bonds. The van der Waals surface area contributed by atoms with Crippen molar-refractivity contribution in [3.05, 3.63) is 95.3 Å². The standard InChI is InChI=1S/C23H18F3N3O2S/c1-14-20(29-21-18(23(24,25)26)11-6-12-19(21)28-14)22(32(27,30)31)17-10-5-9-16(13-17)15-7-3-2-4-8-15/h2-13,22H,1H3,(H2,27,30,31). The van der Waals surface area contributed by atoms with Crippen LogP contribution < -0.4 is 5.14 Å². The zero-order chi connectivity index (χ0) is 23.1. The first-order valence-corrected chi connectivity index (χ1v) is 11.2. The number of alkyl halides is 3. The molecule has 0 spiro atoms. The number of fused-ring (bicyclic) bond motifs is 1. The Kier molecular flexibility index (Phi) is 5.47. The van der Waals surface area contributed by atoms with E-state index < -0.39 is 32.5 Å². The van der Waals surface area contributed by atoms with Gasteiger partial charge in [-0.3, -0.25) is 0 Å². The van der Waals surface area contributed by atoms with Crippen molar-refractivity contribution >= 4 is 21.1 Å². The zero-order valence-electron chi connectivity index (χ0n) is 16.8. The van der Waals surface area contributed by atoms with E-state index in [1.54, 1.807) is 24.3 Å². The number of halogens is 3. The van der Waals surface area contributed by atoms with Gasteiger partial charge in [0.15, 0.2) is 0 Å². The molecule has 5 nitrogen and oxygen atoms in total. The van der Waals surface area contributed by atoms with Crippen molar-refractivity contribution in [2.45, 2.75) is 18.3 Å². The Bertz CT molecular complexity index is 1410. The van der Waals surface area contributed by atoms with Crippen LogP contribution in [0.15, 0.2) is 72.8 Å². The summed E-state index contributed by atoms with van der Waals surface area (Å²) in [6.45, 7) is 1.50. The minimum Gasteiger partial charge on any atom is -0.250 e. The summed E-state index contributed by atoms with van der Waals surface area (Å²) in [6, 6.07) is 19.5. The molecule has 0 aliphatic heterocycles. The van der Waals surface area contributed by atoms with E-state index in [4.69, 9.17) is 5.14 Å². The van der Waals surface area contributed by atoms with Crippen LogP contribution in [-0.4, -0.2) is 18.4 Å². The molecule has 2 N–H and O–H groups in total. The second-order valence-corrected chi connectivity index (χ2v) is 8.98. The number of nitrogens with two attached hydrogens (primary N) is 1. The summed E-state index contributed by atoms with van der Waals surface area (Å²) in [5.74, 6) is 0. The second-order valence-electron chi connectivity index (χ2n) is 7.33. The van der Waals surface area contributed by atoms with Crippen molar-refractivity contribution in [1.29, 1.82) is 0 Å². The number of sulfonamides is 1. The van der Waals surface area contributed by atoms with E-state index in [1.807, 2.05) is 30.3 Å². The minimum atomic E-state index is -4.68. The molecule has 3 aromatic carbocycles. The lowest BCUT2D eigenvalue weighted by Gasteiger charge is -2.19. The Morgan fingerprint density at radius 1 is 0.875 bits per heavy atom. The lowest BCUT2D eigenvalue weighted by Crippen LogP contribution is -2.25. The van der Waals surface area contributed by atoms with Gasteiger partial charge in [0.1, 0.15) is 10.8 Å². The van der Waals surface area contributed by atoms with Crippen LogP contribution in [0.3, 0.4) is 0 Å². The molecule has 1 atom stereocenters. The third-order valence-electron chi connectivity index (χ3n) is 5.08. The molecule has 4 aromatic rings. The lowest BCUT2D eigenvalue weighted by atomic mass is 10.00. The van der Waals surface area contributed by atoms with E-state index in [1.165, 1.54) is 19.1 Å². The smallest absolute Gasteiger partial charge is 0.250 e.